The number of aromatic nitrogens is 2. The maximum absolute atomic E-state index is 12.4. The molecule has 2 heterocycles. The third-order valence-corrected chi connectivity index (χ3v) is 4.25. The van der Waals surface area contributed by atoms with Crippen LogP contribution in [0.1, 0.15) is 10.4 Å². The van der Waals surface area contributed by atoms with Crippen LogP contribution in [-0.4, -0.2) is 27.6 Å². The molecule has 26 heavy (non-hydrogen) atoms. The zero-order valence-electron chi connectivity index (χ0n) is 13.7. The Morgan fingerprint density at radius 3 is 2.46 bits per heavy atom. The number of rotatable bonds is 3. The van der Waals surface area contributed by atoms with E-state index in [0.29, 0.717) is 22.3 Å². The fourth-order valence-electron chi connectivity index (χ4n) is 3.01. The number of pyridine rings is 1. The van der Waals surface area contributed by atoms with Gasteiger partial charge in [0.1, 0.15) is 11.3 Å². The molecule has 2 aromatic heterocycles. The van der Waals surface area contributed by atoms with Gasteiger partial charge in [-0.05, 0) is 24.3 Å². The van der Waals surface area contributed by atoms with E-state index in [1.807, 2.05) is 36.4 Å². The van der Waals surface area contributed by atoms with E-state index < -0.39 is 10.9 Å². The number of esters is 1. The lowest BCUT2D eigenvalue weighted by atomic mass is 10.1. The number of benzene rings is 2. The maximum atomic E-state index is 12.4. The molecule has 128 valence electrons. The molecule has 0 aliphatic carbocycles. The number of nitrogens with zero attached hydrogens (tertiary/aromatic N) is 3. The highest BCUT2D eigenvalue weighted by atomic mass is 16.6. The van der Waals surface area contributed by atoms with Crippen molar-refractivity contribution >= 4 is 28.1 Å². The van der Waals surface area contributed by atoms with Gasteiger partial charge < -0.3 is 4.74 Å². The SMILES string of the molecule is COC(=O)c1c(-c2ccc([N+](=O)[O-])cc2)nn2c1ccc1ccccc12. The Morgan fingerprint density at radius 2 is 1.77 bits per heavy atom. The summed E-state index contributed by atoms with van der Waals surface area (Å²) in [5.74, 6) is -0.511. The lowest BCUT2D eigenvalue weighted by Gasteiger charge is -2.02. The number of hydrogen-bond acceptors (Lipinski definition) is 5. The Balaban J connectivity index is 2.02. The summed E-state index contributed by atoms with van der Waals surface area (Å²) in [6.45, 7) is 0. The molecule has 0 fully saturated rings. The fourth-order valence-corrected chi connectivity index (χ4v) is 3.01. The van der Waals surface area contributed by atoms with Gasteiger partial charge in [-0.15, -0.1) is 0 Å². The molecule has 7 nitrogen and oxygen atoms in total. The molecule has 0 saturated heterocycles. The van der Waals surface area contributed by atoms with E-state index in [-0.39, 0.29) is 5.69 Å². The van der Waals surface area contributed by atoms with Crippen molar-refractivity contribution in [1.29, 1.82) is 0 Å². The second-order valence-electron chi connectivity index (χ2n) is 5.71. The minimum Gasteiger partial charge on any atom is -0.465 e. The molecule has 2 aromatic carbocycles. The van der Waals surface area contributed by atoms with Crippen LogP contribution in [0, 0.1) is 10.1 Å². The number of nitro groups is 1. The average Bonchev–Trinajstić information content (AvgIpc) is 3.07. The van der Waals surface area contributed by atoms with Crippen LogP contribution in [0.25, 0.3) is 27.7 Å². The molecule has 4 rings (SSSR count). The van der Waals surface area contributed by atoms with Gasteiger partial charge in [-0.3, -0.25) is 10.1 Å². The van der Waals surface area contributed by atoms with Crippen molar-refractivity contribution in [3.05, 3.63) is 76.3 Å². The summed E-state index contributed by atoms with van der Waals surface area (Å²) >= 11 is 0. The van der Waals surface area contributed by atoms with E-state index in [0.717, 1.165) is 10.9 Å². The van der Waals surface area contributed by atoms with E-state index in [1.165, 1.54) is 19.2 Å². The molecule has 0 bridgehead atoms. The van der Waals surface area contributed by atoms with Crippen molar-refractivity contribution in [2.24, 2.45) is 0 Å². The quantitative estimate of drug-likeness (QED) is 0.319. The van der Waals surface area contributed by atoms with Crippen LogP contribution in [0.4, 0.5) is 5.69 Å². The summed E-state index contributed by atoms with van der Waals surface area (Å²) < 4.78 is 6.63. The van der Waals surface area contributed by atoms with Crippen molar-refractivity contribution in [2.45, 2.75) is 0 Å². The van der Waals surface area contributed by atoms with Crippen molar-refractivity contribution in [3.8, 4) is 11.3 Å². The number of fused-ring (bicyclic) bond motifs is 3. The first-order valence-corrected chi connectivity index (χ1v) is 7.84. The molecular formula is C19H13N3O4. The smallest absolute Gasteiger partial charge is 0.342 e. The summed E-state index contributed by atoms with van der Waals surface area (Å²) in [7, 11) is 1.31. The number of methoxy groups -OCH3 is 1. The van der Waals surface area contributed by atoms with Crippen LogP contribution in [0.2, 0.25) is 0 Å². The predicted octanol–water partition coefficient (Wildman–Crippen LogP) is 3.85. The molecule has 0 saturated carbocycles. The molecule has 0 radical (unpaired) electrons. The molecular weight excluding hydrogens is 334 g/mol. The Hall–Kier alpha value is -3.74. The van der Waals surface area contributed by atoms with Gasteiger partial charge in [0.25, 0.3) is 5.69 Å². The van der Waals surface area contributed by atoms with Crippen LogP contribution in [0.15, 0.2) is 60.7 Å². The molecule has 0 amide bonds. The summed E-state index contributed by atoms with van der Waals surface area (Å²) in [6.07, 6.45) is 0. The monoisotopic (exact) mass is 347 g/mol. The van der Waals surface area contributed by atoms with Crippen molar-refractivity contribution in [2.75, 3.05) is 7.11 Å². The van der Waals surface area contributed by atoms with Crippen LogP contribution < -0.4 is 0 Å². The minimum absolute atomic E-state index is 0.0254. The number of hydrogen-bond donors (Lipinski definition) is 0. The number of ether oxygens (including phenoxy) is 1. The van der Waals surface area contributed by atoms with Crippen LogP contribution >= 0.6 is 0 Å². The molecule has 0 spiro atoms. The lowest BCUT2D eigenvalue weighted by Crippen LogP contribution is -2.02. The second-order valence-corrected chi connectivity index (χ2v) is 5.71. The number of carbonyl (C=O) groups is 1. The highest BCUT2D eigenvalue weighted by Gasteiger charge is 2.23. The first-order valence-electron chi connectivity index (χ1n) is 7.84. The van der Waals surface area contributed by atoms with Crippen molar-refractivity contribution in [1.82, 2.24) is 9.61 Å². The molecule has 0 unspecified atom stereocenters. The number of para-hydroxylation sites is 1. The van der Waals surface area contributed by atoms with Crippen LogP contribution in [0.5, 0.6) is 0 Å². The minimum atomic E-state index is -0.511. The molecule has 0 N–H and O–H groups in total. The Labute approximate surface area is 147 Å². The Morgan fingerprint density at radius 1 is 1.04 bits per heavy atom. The van der Waals surface area contributed by atoms with E-state index in [2.05, 4.69) is 5.10 Å². The van der Waals surface area contributed by atoms with Crippen molar-refractivity contribution in [3.63, 3.8) is 0 Å². The zero-order chi connectivity index (χ0) is 18.3. The number of nitro benzene ring substituents is 1. The summed E-state index contributed by atoms with van der Waals surface area (Å²) in [4.78, 5) is 22.8. The highest BCUT2D eigenvalue weighted by Crippen LogP contribution is 2.30. The molecule has 0 aliphatic heterocycles. The maximum Gasteiger partial charge on any atom is 0.342 e. The molecule has 7 heteroatoms. The fraction of sp³-hybridized carbons (Fsp3) is 0.0526. The average molecular weight is 347 g/mol. The van der Waals surface area contributed by atoms with Gasteiger partial charge in [-0.2, -0.15) is 5.10 Å². The molecule has 4 aromatic rings. The topological polar surface area (TPSA) is 86.7 Å². The number of non-ortho nitro benzene ring substituents is 1. The standard InChI is InChI=1S/C19H13N3O4/c1-26-19(23)17-16-11-8-12-4-2-3-5-15(12)21(16)20-18(17)13-6-9-14(10-7-13)22(24)25/h2-11H,1H3. The molecule has 0 atom stereocenters. The lowest BCUT2D eigenvalue weighted by molar-refractivity contribution is -0.384. The third kappa shape index (κ3) is 2.37. The van der Waals surface area contributed by atoms with E-state index in [9.17, 15) is 14.9 Å². The van der Waals surface area contributed by atoms with Gasteiger partial charge in [0.15, 0.2) is 0 Å². The predicted molar refractivity (Wildman–Crippen MR) is 96.1 cm³/mol. The van der Waals surface area contributed by atoms with Crippen molar-refractivity contribution < 1.29 is 14.5 Å². The highest BCUT2D eigenvalue weighted by molar-refractivity contribution is 6.04. The van der Waals surface area contributed by atoms with Crippen LogP contribution in [0.3, 0.4) is 0 Å². The van der Waals surface area contributed by atoms with Crippen LogP contribution in [-0.2, 0) is 4.74 Å². The summed E-state index contributed by atoms with van der Waals surface area (Å²) in [6, 6.07) is 17.4. The third-order valence-electron chi connectivity index (χ3n) is 4.25. The first-order chi connectivity index (χ1) is 12.6. The second kappa shape index (κ2) is 5.96. The first kappa shape index (κ1) is 15.8. The van der Waals surface area contributed by atoms with Gasteiger partial charge in [0.2, 0.25) is 0 Å². The Kier molecular flexibility index (Phi) is 3.62. The summed E-state index contributed by atoms with van der Waals surface area (Å²) in [5.41, 5.74) is 2.79. The zero-order valence-corrected chi connectivity index (χ0v) is 13.7. The summed E-state index contributed by atoms with van der Waals surface area (Å²) in [5, 5.41) is 16.5. The van der Waals surface area contributed by atoms with Gasteiger partial charge in [0, 0.05) is 23.1 Å². The van der Waals surface area contributed by atoms with Gasteiger partial charge in [-0.1, -0.05) is 24.3 Å². The van der Waals surface area contributed by atoms with E-state index in [4.69, 9.17) is 4.74 Å². The van der Waals surface area contributed by atoms with Gasteiger partial charge in [0.05, 0.1) is 23.1 Å². The van der Waals surface area contributed by atoms with E-state index >= 15 is 0 Å². The Bertz CT molecular complexity index is 1160. The van der Waals surface area contributed by atoms with Gasteiger partial charge >= 0.3 is 5.97 Å². The van der Waals surface area contributed by atoms with Gasteiger partial charge in [-0.25, -0.2) is 9.31 Å². The largest absolute Gasteiger partial charge is 0.465 e. The normalized spacial score (nSPS) is 11.0. The van der Waals surface area contributed by atoms with E-state index in [1.54, 1.807) is 16.6 Å². The molecule has 0 aliphatic rings. The number of carbonyl (C=O) groups excluding carboxylic acids is 1.